The lowest BCUT2D eigenvalue weighted by Gasteiger charge is -2.20. The largest absolute Gasteiger partial charge is 0.357 e. The van der Waals surface area contributed by atoms with Crippen molar-refractivity contribution >= 4 is 5.96 Å². The van der Waals surface area contributed by atoms with Gasteiger partial charge in [0.2, 0.25) is 0 Å². The molecule has 2 N–H and O–H groups in total. The molecule has 27 heavy (non-hydrogen) atoms. The molecule has 1 aliphatic rings. The minimum Gasteiger partial charge on any atom is -0.357 e. The predicted octanol–water partition coefficient (Wildman–Crippen LogP) is 3.07. The van der Waals surface area contributed by atoms with Crippen LogP contribution < -0.4 is 10.6 Å². The average molecular weight is 374 g/mol. The van der Waals surface area contributed by atoms with Crippen LogP contribution in [0.15, 0.2) is 29.3 Å². The van der Waals surface area contributed by atoms with Gasteiger partial charge < -0.3 is 20.4 Å². The van der Waals surface area contributed by atoms with E-state index in [1.807, 2.05) is 0 Å². The zero-order chi connectivity index (χ0) is 19.3. The first-order chi connectivity index (χ1) is 13.2. The molecule has 0 bridgehead atoms. The Morgan fingerprint density at radius 1 is 1.00 bits per heavy atom. The highest BCUT2D eigenvalue weighted by molar-refractivity contribution is 5.79. The third-order valence-corrected chi connectivity index (χ3v) is 4.93. The van der Waals surface area contributed by atoms with Gasteiger partial charge in [-0.15, -0.1) is 0 Å². The average Bonchev–Trinajstić information content (AvgIpc) is 2.92. The van der Waals surface area contributed by atoms with Crippen LogP contribution in [0.25, 0.3) is 0 Å². The molecule has 0 unspecified atom stereocenters. The maximum atomic E-state index is 4.74. The second-order valence-corrected chi connectivity index (χ2v) is 7.79. The Morgan fingerprint density at radius 2 is 1.67 bits per heavy atom. The molecule has 5 heteroatoms. The van der Waals surface area contributed by atoms with E-state index >= 15 is 0 Å². The molecule has 1 saturated heterocycles. The molecule has 1 aromatic rings. The van der Waals surface area contributed by atoms with E-state index in [2.05, 4.69) is 65.7 Å². The van der Waals surface area contributed by atoms with Crippen molar-refractivity contribution in [2.75, 3.05) is 46.8 Å². The van der Waals surface area contributed by atoms with Gasteiger partial charge in [-0.05, 0) is 71.0 Å². The normalized spacial score (nSPS) is 16.4. The SMILES string of the molecule is CCNC(=NCc1ccc(CN(C)C)cc1)NCCCN1CCCCCC1. The summed E-state index contributed by atoms with van der Waals surface area (Å²) in [4.78, 5) is 9.55. The van der Waals surface area contributed by atoms with E-state index < -0.39 is 0 Å². The highest BCUT2D eigenvalue weighted by Crippen LogP contribution is 2.09. The molecule has 0 saturated carbocycles. The summed E-state index contributed by atoms with van der Waals surface area (Å²) >= 11 is 0. The monoisotopic (exact) mass is 373 g/mol. The summed E-state index contributed by atoms with van der Waals surface area (Å²) in [6.45, 7) is 9.42. The second-order valence-electron chi connectivity index (χ2n) is 7.79. The van der Waals surface area contributed by atoms with Gasteiger partial charge in [0.25, 0.3) is 0 Å². The number of hydrogen-bond acceptors (Lipinski definition) is 3. The second kappa shape index (κ2) is 12.7. The van der Waals surface area contributed by atoms with Gasteiger partial charge in [-0.25, -0.2) is 4.99 Å². The maximum absolute atomic E-state index is 4.74. The van der Waals surface area contributed by atoms with E-state index in [0.717, 1.165) is 25.6 Å². The number of likely N-dealkylation sites (tertiary alicyclic amines) is 1. The first-order valence-corrected chi connectivity index (χ1v) is 10.6. The molecule has 0 spiro atoms. The van der Waals surface area contributed by atoms with Crippen LogP contribution in [0.1, 0.15) is 50.2 Å². The van der Waals surface area contributed by atoms with E-state index in [1.54, 1.807) is 0 Å². The van der Waals surface area contributed by atoms with Crippen molar-refractivity contribution in [2.45, 2.75) is 52.1 Å². The number of rotatable bonds is 9. The molecule has 0 amide bonds. The molecular formula is C22H39N5. The third kappa shape index (κ3) is 9.25. The van der Waals surface area contributed by atoms with E-state index in [9.17, 15) is 0 Å². The van der Waals surface area contributed by atoms with Gasteiger partial charge in [-0.2, -0.15) is 0 Å². The van der Waals surface area contributed by atoms with Gasteiger partial charge in [0.05, 0.1) is 6.54 Å². The fourth-order valence-electron chi connectivity index (χ4n) is 3.50. The van der Waals surface area contributed by atoms with Crippen LogP contribution in [0.4, 0.5) is 0 Å². The standard InChI is InChI=1S/C22H39N5/c1-4-23-22(24-14-9-17-27-15-7-5-6-8-16-27)25-18-20-10-12-21(13-11-20)19-26(2)3/h10-13H,4-9,14-19H2,1-3H3,(H2,23,24,25). The van der Waals surface area contributed by atoms with Gasteiger partial charge in [0.1, 0.15) is 0 Å². The fraction of sp³-hybridized carbons (Fsp3) is 0.682. The lowest BCUT2D eigenvalue weighted by Crippen LogP contribution is -2.39. The molecule has 0 atom stereocenters. The molecule has 0 aliphatic carbocycles. The summed E-state index contributed by atoms with van der Waals surface area (Å²) < 4.78 is 0. The van der Waals surface area contributed by atoms with Crippen LogP contribution in [-0.2, 0) is 13.1 Å². The Hall–Kier alpha value is -1.59. The Morgan fingerprint density at radius 3 is 2.30 bits per heavy atom. The number of hydrogen-bond donors (Lipinski definition) is 2. The van der Waals surface area contributed by atoms with Crippen molar-refractivity contribution in [3.8, 4) is 0 Å². The topological polar surface area (TPSA) is 42.9 Å². The summed E-state index contributed by atoms with van der Waals surface area (Å²) in [5.74, 6) is 0.922. The Bertz CT molecular complexity index is 530. The van der Waals surface area contributed by atoms with Crippen LogP contribution in [0.2, 0.25) is 0 Å². The summed E-state index contributed by atoms with van der Waals surface area (Å²) in [5.41, 5.74) is 2.59. The molecular weight excluding hydrogens is 334 g/mol. The minimum atomic E-state index is 0.712. The molecule has 1 heterocycles. The van der Waals surface area contributed by atoms with Gasteiger partial charge >= 0.3 is 0 Å². The van der Waals surface area contributed by atoms with Crippen molar-refractivity contribution in [3.63, 3.8) is 0 Å². The number of nitrogens with one attached hydrogen (secondary N) is 2. The van der Waals surface area contributed by atoms with Crippen LogP contribution >= 0.6 is 0 Å². The van der Waals surface area contributed by atoms with E-state index in [1.165, 1.54) is 62.9 Å². The van der Waals surface area contributed by atoms with Crippen LogP contribution in [0.5, 0.6) is 0 Å². The molecule has 0 aromatic heterocycles. The quantitative estimate of drug-likeness (QED) is 0.397. The first kappa shape index (κ1) is 21.7. The lowest BCUT2D eigenvalue weighted by molar-refractivity contribution is 0.282. The highest BCUT2D eigenvalue weighted by atomic mass is 15.2. The van der Waals surface area contributed by atoms with Gasteiger partial charge in [0, 0.05) is 19.6 Å². The lowest BCUT2D eigenvalue weighted by atomic mass is 10.1. The molecule has 152 valence electrons. The summed E-state index contributed by atoms with van der Waals surface area (Å²) in [6, 6.07) is 8.77. The smallest absolute Gasteiger partial charge is 0.191 e. The van der Waals surface area contributed by atoms with Crippen molar-refractivity contribution in [2.24, 2.45) is 4.99 Å². The molecule has 0 radical (unpaired) electrons. The number of benzene rings is 1. The molecule has 1 aliphatic heterocycles. The minimum absolute atomic E-state index is 0.712. The van der Waals surface area contributed by atoms with E-state index in [0.29, 0.717) is 6.54 Å². The zero-order valence-corrected chi connectivity index (χ0v) is 17.6. The zero-order valence-electron chi connectivity index (χ0n) is 17.6. The van der Waals surface area contributed by atoms with Crippen LogP contribution in [0.3, 0.4) is 0 Å². The molecule has 5 nitrogen and oxygen atoms in total. The third-order valence-electron chi connectivity index (χ3n) is 4.93. The highest BCUT2D eigenvalue weighted by Gasteiger charge is 2.08. The van der Waals surface area contributed by atoms with Crippen LogP contribution in [-0.4, -0.2) is 62.6 Å². The van der Waals surface area contributed by atoms with Gasteiger partial charge in [-0.1, -0.05) is 37.1 Å². The first-order valence-electron chi connectivity index (χ1n) is 10.6. The predicted molar refractivity (Wildman–Crippen MR) is 116 cm³/mol. The van der Waals surface area contributed by atoms with E-state index in [4.69, 9.17) is 4.99 Å². The molecule has 2 rings (SSSR count). The van der Waals surface area contributed by atoms with Gasteiger partial charge in [0.15, 0.2) is 5.96 Å². The Kier molecular flexibility index (Phi) is 10.2. The van der Waals surface area contributed by atoms with Crippen molar-refractivity contribution in [1.29, 1.82) is 0 Å². The Balaban J connectivity index is 1.74. The maximum Gasteiger partial charge on any atom is 0.191 e. The number of nitrogens with zero attached hydrogens (tertiary/aromatic N) is 3. The summed E-state index contributed by atoms with van der Waals surface area (Å²) in [6.07, 6.45) is 6.71. The Labute approximate surface area is 166 Å². The number of guanidine groups is 1. The van der Waals surface area contributed by atoms with Crippen molar-refractivity contribution < 1.29 is 0 Å². The van der Waals surface area contributed by atoms with Crippen molar-refractivity contribution in [1.82, 2.24) is 20.4 Å². The van der Waals surface area contributed by atoms with Gasteiger partial charge in [-0.3, -0.25) is 0 Å². The van der Waals surface area contributed by atoms with Crippen molar-refractivity contribution in [3.05, 3.63) is 35.4 Å². The fourth-order valence-corrected chi connectivity index (χ4v) is 3.50. The molecule has 1 aromatic carbocycles. The summed E-state index contributed by atoms with van der Waals surface area (Å²) in [5, 5.41) is 6.85. The number of aliphatic imine (C=N–C) groups is 1. The van der Waals surface area contributed by atoms with E-state index in [-0.39, 0.29) is 0 Å². The van der Waals surface area contributed by atoms with Crippen LogP contribution in [0, 0.1) is 0 Å². The summed E-state index contributed by atoms with van der Waals surface area (Å²) in [7, 11) is 4.19. The molecule has 1 fully saturated rings.